The molecule has 5 nitrogen and oxygen atoms in total. The van der Waals surface area contributed by atoms with Gasteiger partial charge in [0.05, 0.1) is 0 Å². The van der Waals surface area contributed by atoms with Gasteiger partial charge in [0.25, 0.3) is 5.91 Å². The number of anilines is 1. The molecule has 2 aliphatic rings. The highest BCUT2D eigenvalue weighted by Gasteiger charge is 2.25. The third kappa shape index (κ3) is 3.18. The van der Waals surface area contributed by atoms with Crippen molar-refractivity contribution in [2.75, 3.05) is 18.0 Å². The van der Waals surface area contributed by atoms with Gasteiger partial charge in [-0.25, -0.2) is 9.97 Å². The molecule has 2 aromatic rings. The van der Waals surface area contributed by atoms with Gasteiger partial charge in [-0.3, -0.25) is 4.79 Å². The van der Waals surface area contributed by atoms with Crippen LogP contribution in [0.5, 0.6) is 0 Å². The Labute approximate surface area is 135 Å². The van der Waals surface area contributed by atoms with E-state index in [1.807, 2.05) is 36.4 Å². The molecule has 1 amide bonds. The van der Waals surface area contributed by atoms with E-state index < -0.39 is 0 Å². The van der Waals surface area contributed by atoms with Crippen LogP contribution < -0.4 is 10.2 Å². The molecule has 0 atom stereocenters. The molecule has 1 aliphatic carbocycles. The topological polar surface area (TPSA) is 58.1 Å². The first-order valence-electron chi connectivity index (χ1n) is 8.30. The summed E-state index contributed by atoms with van der Waals surface area (Å²) in [7, 11) is 0. The fraction of sp³-hybridized carbons (Fsp3) is 0.389. The molecule has 23 heavy (non-hydrogen) atoms. The molecule has 1 N–H and O–H groups in total. The molecule has 1 aliphatic heterocycles. The second-order valence-electron chi connectivity index (χ2n) is 6.24. The van der Waals surface area contributed by atoms with Crippen LogP contribution in [-0.2, 0) is 0 Å². The van der Waals surface area contributed by atoms with E-state index in [1.165, 1.54) is 12.8 Å². The average molecular weight is 308 g/mol. The van der Waals surface area contributed by atoms with Gasteiger partial charge in [0.2, 0.25) is 0 Å². The molecule has 2 heterocycles. The number of hydrogen-bond donors (Lipinski definition) is 1. The minimum Gasteiger partial charge on any atom is -0.356 e. The Balaban J connectivity index is 1.72. The van der Waals surface area contributed by atoms with E-state index in [4.69, 9.17) is 4.98 Å². The molecule has 1 aromatic carbocycles. The molecule has 1 saturated carbocycles. The number of carbonyl (C=O) groups excluding carboxylic acids is 1. The van der Waals surface area contributed by atoms with Gasteiger partial charge in [-0.05, 0) is 25.7 Å². The Hall–Kier alpha value is -2.43. The van der Waals surface area contributed by atoms with Gasteiger partial charge in [-0.2, -0.15) is 0 Å². The molecule has 5 heteroatoms. The molecule has 0 bridgehead atoms. The molecular weight excluding hydrogens is 288 g/mol. The Morgan fingerprint density at radius 1 is 1.09 bits per heavy atom. The van der Waals surface area contributed by atoms with Crippen LogP contribution in [0.25, 0.3) is 11.4 Å². The Morgan fingerprint density at radius 3 is 2.52 bits per heavy atom. The quantitative estimate of drug-likeness (QED) is 0.943. The summed E-state index contributed by atoms with van der Waals surface area (Å²) in [5.41, 5.74) is 1.40. The molecule has 1 aromatic heterocycles. The Kier molecular flexibility index (Phi) is 3.69. The van der Waals surface area contributed by atoms with Crippen LogP contribution in [0, 0.1) is 0 Å². The predicted octanol–water partition coefficient (Wildman–Crippen LogP) is 2.64. The van der Waals surface area contributed by atoms with E-state index in [9.17, 15) is 4.79 Å². The lowest BCUT2D eigenvalue weighted by atomic mass is 10.2. The zero-order chi connectivity index (χ0) is 15.6. The summed E-state index contributed by atoms with van der Waals surface area (Å²) in [4.78, 5) is 23.9. The van der Waals surface area contributed by atoms with Gasteiger partial charge < -0.3 is 10.2 Å². The number of rotatable bonds is 4. The monoisotopic (exact) mass is 308 g/mol. The number of hydrogen-bond acceptors (Lipinski definition) is 4. The summed E-state index contributed by atoms with van der Waals surface area (Å²) in [5.74, 6) is 1.39. The first kappa shape index (κ1) is 14.2. The number of benzene rings is 1. The van der Waals surface area contributed by atoms with Gasteiger partial charge in [0, 0.05) is 30.8 Å². The number of nitrogens with one attached hydrogen (secondary N) is 1. The Morgan fingerprint density at radius 2 is 1.83 bits per heavy atom. The normalized spacial score (nSPS) is 17.3. The standard InChI is InChI=1S/C18H20N4O/c23-18(19-14-8-9-14)15-12-16(22-10-4-5-11-22)21-17(20-15)13-6-2-1-3-7-13/h1-3,6-7,12,14H,4-5,8-11H2,(H,19,23). The molecule has 2 fully saturated rings. The maximum absolute atomic E-state index is 12.4. The summed E-state index contributed by atoms with van der Waals surface area (Å²) in [5, 5.41) is 3.02. The number of amides is 1. The van der Waals surface area contributed by atoms with Crippen molar-refractivity contribution in [3.8, 4) is 11.4 Å². The van der Waals surface area contributed by atoms with Gasteiger partial charge in [0.15, 0.2) is 5.82 Å². The van der Waals surface area contributed by atoms with Gasteiger partial charge in [-0.1, -0.05) is 30.3 Å². The van der Waals surface area contributed by atoms with E-state index >= 15 is 0 Å². The van der Waals surface area contributed by atoms with Crippen molar-refractivity contribution in [2.45, 2.75) is 31.7 Å². The lowest BCUT2D eigenvalue weighted by Crippen LogP contribution is -2.27. The third-order valence-corrected chi connectivity index (χ3v) is 4.32. The van der Waals surface area contributed by atoms with E-state index in [1.54, 1.807) is 0 Å². The van der Waals surface area contributed by atoms with Crippen LogP contribution in [0.1, 0.15) is 36.2 Å². The van der Waals surface area contributed by atoms with Crippen LogP contribution in [0.2, 0.25) is 0 Å². The molecule has 118 valence electrons. The maximum atomic E-state index is 12.4. The maximum Gasteiger partial charge on any atom is 0.270 e. The first-order valence-corrected chi connectivity index (χ1v) is 8.30. The average Bonchev–Trinajstić information content (AvgIpc) is 3.24. The van der Waals surface area contributed by atoms with Crippen LogP contribution in [0.4, 0.5) is 5.82 Å². The zero-order valence-electron chi connectivity index (χ0n) is 13.0. The summed E-state index contributed by atoms with van der Waals surface area (Å²) in [6, 6.07) is 12.0. The van der Waals surface area contributed by atoms with Crippen molar-refractivity contribution in [3.05, 3.63) is 42.1 Å². The van der Waals surface area contributed by atoms with Crippen molar-refractivity contribution >= 4 is 11.7 Å². The highest BCUT2D eigenvalue weighted by molar-refractivity contribution is 5.93. The molecule has 0 unspecified atom stereocenters. The summed E-state index contributed by atoms with van der Waals surface area (Å²) < 4.78 is 0. The van der Waals surface area contributed by atoms with Crippen molar-refractivity contribution in [3.63, 3.8) is 0 Å². The van der Waals surface area contributed by atoms with Crippen molar-refractivity contribution in [2.24, 2.45) is 0 Å². The summed E-state index contributed by atoms with van der Waals surface area (Å²) >= 11 is 0. The lowest BCUT2D eigenvalue weighted by Gasteiger charge is -2.18. The highest BCUT2D eigenvalue weighted by atomic mass is 16.2. The minimum atomic E-state index is -0.0903. The predicted molar refractivity (Wildman–Crippen MR) is 89.4 cm³/mol. The fourth-order valence-corrected chi connectivity index (χ4v) is 2.86. The van der Waals surface area contributed by atoms with Crippen LogP contribution in [-0.4, -0.2) is 35.0 Å². The lowest BCUT2D eigenvalue weighted by molar-refractivity contribution is 0.0946. The highest BCUT2D eigenvalue weighted by Crippen LogP contribution is 2.24. The van der Waals surface area contributed by atoms with Gasteiger partial charge >= 0.3 is 0 Å². The molecule has 4 rings (SSSR count). The van der Waals surface area contributed by atoms with Gasteiger partial charge in [-0.15, -0.1) is 0 Å². The Bertz CT molecular complexity index is 706. The van der Waals surface area contributed by atoms with Gasteiger partial charge in [0.1, 0.15) is 11.5 Å². The summed E-state index contributed by atoms with van der Waals surface area (Å²) in [6.07, 6.45) is 4.49. The van der Waals surface area contributed by atoms with Crippen LogP contribution in [0.3, 0.4) is 0 Å². The number of nitrogens with zero attached hydrogens (tertiary/aromatic N) is 3. The molecule has 0 spiro atoms. The second kappa shape index (κ2) is 5.99. The molecule has 0 radical (unpaired) electrons. The first-order chi connectivity index (χ1) is 11.3. The summed E-state index contributed by atoms with van der Waals surface area (Å²) in [6.45, 7) is 1.99. The molecular formula is C18H20N4O. The van der Waals surface area contributed by atoms with E-state index in [-0.39, 0.29) is 5.91 Å². The van der Waals surface area contributed by atoms with Crippen molar-refractivity contribution in [1.82, 2.24) is 15.3 Å². The largest absolute Gasteiger partial charge is 0.356 e. The van der Waals surface area contributed by atoms with Crippen LogP contribution >= 0.6 is 0 Å². The molecule has 1 saturated heterocycles. The van der Waals surface area contributed by atoms with E-state index in [2.05, 4.69) is 15.2 Å². The van der Waals surface area contributed by atoms with Crippen LogP contribution in [0.15, 0.2) is 36.4 Å². The van der Waals surface area contributed by atoms with E-state index in [0.717, 1.165) is 37.3 Å². The smallest absolute Gasteiger partial charge is 0.270 e. The van der Waals surface area contributed by atoms with E-state index in [0.29, 0.717) is 17.6 Å². The zero-order valence-corrected chi connectivity index (χ0v) is 13.0. The van der Waals surface area contributed by atoms with Crippen molar-refractivity contribution < 1.29 is 4.79 Å². The second-order valence-corrected chi connectivity index (χ2v) is 6.24. The third-order valence-electron chi connectivity index (χ3n) is 4.32. The number of aromatic nitrogens is 2. The fourth-order valence-electron chi connectivity index (χ4n) is 2.86. The minimum absolute atomic E-state index is 0.0903. The SMILES string of the molecule is O=C(NC1CC1)c1cc(N2CCCC2)nc(-c2ccccc2)n1. The van der Waals surface area contributed by atoms with Crippen molar-refractivity contribution in [1.29, 1.82) is 0 Å². The number of carbonyl (C=O) groups is 1.